The summed E-state index contributed by atoms with van der Waals surface area (Å²) in [7, 11) is 0. The van der Waals surface area contributed by atoms with Gasteiger partial charge in [-0.3, -0.25) is 0 Å². The summed E-state index contributed by atoms with van der Waals surface area (Å²) in [4.78, 5) is 0. The number of halogens is 1. The minimum absolute atomic E-state index is 0.341. The molecule has 0 saturated heterocycles. The molecule has 0 spiro atoms. The van der Waals surface area contributed by atoms with Gasteiger partial charge >= 0.3 is 0 Å². The molecule has 0 saturated carbocycles. The molecule has 0 fully saturated rings. The lowest BCUT2D eigenvalue weighted by Crippen LogP contribution is -1.87. The maximum Gasteiger partial charge on any atom is 0.140 e. The minimum atomic E-state index is -0.341. The molecular formula is C29H27F. The average Bonchev–Trinajstić information content (AvgIpc) is 2.77. The van der Waals surface area contributed by atoms with Crippen LogP contribution < -0.4 is 0 Å². The number of hydrogen-bond donors (Lipinski definition) is 0. The molecule has 0 atom stereocenters. The molecule has 3 aromatic rings. The first-order valence-electron chi connectivity index (χ1n) is 10.7. The van der Waals surface area contributed by atoms with Crippen molar-refractivity contribution in [3.63, 3.8) is 0 Å². The van der Waals surface area contributed by atoms with Gasteiger partial charge < -0.3 is 0 Å². The lowest BCUT2D eigenvalue weighted by Gasteiger charge is -1.99. The summed E-state index contributed by atoms with van der Waals surface area (Å²) < 4.78 is 14.4. The summed E-state index contributed by atoms with van der Waals surface area (Å²) >= 11 is 0. The Morgan fingerprint density at radius 3 is 1.70 bits per heavy atom. The molecular weight excluding hydrogens is 367 g/mol. The molecule has 0 bridgehead atoms. The van der Waals surface area contributed by atoms with Gasteiger partial charge in [-0.05, 0) is 72.9 Å². The van der Waals surface area contributed by atoms with E-state index < -0.39 is 0 Å². The molecule has 0 radical (unpaired) electrons. The highest BCUT2D eigenvalue weighted by molar-refractivity contribution is 5.49. The van der Waals surface area contributed by atoms with Crippen molar-refractivity contribution in [3.8, 4) is 23.7 Å². The number of unbranched alkanes of at least 4 members (excludes halogenated alkanes) is 1. The SMILES string of the molecule is CCCCc1ccc(C#Cc2ccc(C#Cc3ccc(CCC)cc3)c(F)c2)cc1. The second-order valence-electron chi connectivity index (χ2n) is 7.44. The average molecular weight is 395 g/mol. The maximum atomic E-state index is 14.4. The normalized spacial score (nSPS) is 9.97. The van der Waals surface area contributed by atoms with Gasteiger partial charge in [0.1, 0.15) is 5.82 Å². The summed E-state index contributed by atoms with van der Waals surface area (Å²) in [5.74, 6) is 11.8. The van der Waals surface area contributed by atoms with Crippen LogP contribution in [0.1, 0.15) is 66.5 Å². The minimum Gasteiger partial charge on any atom is -0.206 e. The number of rotatable bonds is 5. The Morgan fingerprint density at radius 1 is 0.600 bits per heavy atom. The first-order chi connectivity index (χ1) is 14.7. The molecule has 3 aromatic carbocycles. The van der Waals surface area contributed by atoms with Crippen LogP contribution in [0, 0.1) is 29.5 Å². The summed E-state index contributed by atoms with van der Waals surface area (Å²) in [5.41, 5.74) is 5.49. The van der Waals surface area contributed by atoms with Crippen LogP contribution in [-0.2, 0) is 12.8 Å². The molecule has 0 N–H and O–H groups in total. The monoisotopic (exact) mass is 394 g/mol. The first kappa shape index (κ1) is 21.4. The molecule has 150 valence electrons. The molecule has 0 aromatic heterocycles. The van der Waals surface area contributed by atoms with E-state index in [4.69, 9.17) is 0 Å². The Morgan fingerprint density at radius 2 is 1.13 bits per heavy atom. The van der Waals surface area contributed by atoms with E-state index in [-0.39, 0.29) is 5.82 Å². The van der Waals surface area contributed by atoms with Crippen molar-refractivity contribution in [3.05, 3.63) is 106 Å². The summed E-state index contributed by atoms with van der Waals surface area (Å²) in [6.45, 7) is 4.36. The Labute approximate surface area is 180 Å². The first-order valence-corrected chi connectivity index (χ1v) is 10.7. The van der Waals surface area contributed by atoms with E-state index in [1.165, 1.54) is 30.0 Å². The highest BCUT2D eigenvalue weighted by atomic mass is 19.1. The fourth-order valence-electron chi connectivity index (χ4n) is 3.16. The molecule has 1 heteroatoms. The fourth-order valence-corrected chi connectivity index (χ4v) is 3.16. The van der Waals surface area contributed by atoms with Crippen LogP contribution in [0.3, 0.4) is 0 Å². The molecule has 0 heterocycles. The van der Waals surface area contributed by atoms with Crippen LogP contribution in [0.5, 0.6) is 0 Å². The smallest absolute Gasteiger partial charge is 0.140 e. The maximum absolute atomic E-state index is 14.4. The van der Waals surface area contributed by atoms with E-state index in [0.29, 0.717) is 11.1 Å². The van der Waals surface area contributed by atoms with Crippen LogP contribution in [0.15, 0.2) is 66.7 Å². The number of benzene rings is 3. The Kier molecular flexibility index (Phi) is 7.88. The molecule has 0 amide bonds. The molecule has 0 aliphatic heterocycles. The summed E-state index contributed by atoms with van der Waals surface area (Å²) in [6, 6.07) is 21.4. The van der Waals surface area contributed by atoms with Gasteiger partial charge in [-0.1, -0.05) is 74.6 Å². The number of aryl methyl sites for hydroxylation is 2. The lowest BCUT2D eigenvalue weighted by molar-refractivity contribution is 0.624. The van der Waals surface area contributed by atoms with Gasteiger partial charge in [-0.25, -0.2) is 4.39 Å². The predicted molar refractivity (Wildman–Crippen MR) is 124 cm³/mol. The summed E-state index contributed by atoms with van der Waals surface area (Å²) in [5, 5.41) is 0. The fraction of sp³-hybridized carbons (Fsp3) is 0.241. The second kappa shape index (κ2) is 11.0. The van der Waals surface area contributed by atoms with Crippen molar-refractivity contribution in [2.75, 3.05) is 0 Å². The van der Waals surface area contributed by atoms with Crippen LogP contribution in [0.4, 0.5) is 4.39 Å². The third-order valence-electron chi connectivity index (χ3n) is 4.93. The standard InChI is InChI=1S/C29H27F/c1-3-5-7-24-10-14-25(15-11-24)16-17-27-19-21-28(29(30)22-27)20-18-26-12-8-23(6-4-2)9-13-26/h8-15,19,21-22H,3-7H2,1-2H3. The molecule has 3 rings (SSSR count). The topological polar surface area (TPSA) is 0 Å². The van der Waals surface area contributed by atoms with E-state index in [1.54, 1.807) is 6.07 Å². The second-order valence-corrected chi connectivity index (χ2v) is 7.44. The van der Waals surface area contributed by atoms with Crippen molar-refractivity contribution in [1.82, 2.24) is 0 Å². The zero-order valence-corrected chi connectivity index (χ0v) is 17.8. The quantitative estimate of drug-likeness (QED) is 0.412. The third-order valence-corrected chi connectivity index (χ3v) is 4.93. The van der Waals surface area contributed by atoms with Crippen LogP contribution in [0.2, 0.25) is 0 Å². The van der Waals surface area contributed by atoms with E-state index in [2.05, 4.69) is 61.8 Å². The van der Waals surface area contributed by atoms with Gasteiger partial charge in [-0.15, -0.1) is 0 Å². The molecule has 0 nitrogen and oxygen atoms in total. The van der Waals surface area contributed by atoms with Gasteiger partial charge in [0.15, 0.2) is 0 Å². The van der Waals surface area contributed by atoms with Crippen LogP contribution in [-0.4, -0.2) is 0 Å². The number of hydrogen-bond acceptors (Lipinski definition) is 0. The van der Waals surface area contributed by atoms with E-state index in [9.17, 15) is 4.39 Å². The van der Waals surface area contributed by atoms with E-state index in [1.807, 2.05) is 30.3 Å². The van der Waals surface area contributed by atoms with E-state index >= 15 is 0 Å². The molecule has 0 aliphatic carbocycles. The van der Waals surface area contributed by atoms with Gasteiger partial charge in [0.2, 0.25) is 0 Å². The Balaban J connectivity index is 1.68. The highest BCUT2D eigenvalue weighted by Gasteiger charge is 2.00. The third kappa shape index (κ3) is 6.37. The highest BCUT2D eigenvalue weighted by Crippen LogP contribution is 2.11. The Hall–Kier alpha value is -3.29. The van der Waals surface area contributed by atoms with Crippen molar-refractivity contribution in [1.29, 1.82) is 0 Å². The van der Waals surface area contributed by atoms with Gasteiger partial charge in [-0.2, -0.15) is 0 Å². The molecule has 0 unspecified atom stereocenters. The predicted octanol–water partition coefficient (Wildman–Crippen LogP) is 6.92. The van der Waals surface area contributed by atoms with Gasteiger partial charge in [0, 0.05) is 16.7 Å². The molecule has 0 aliphatic rings. The van der Waals surface area contributed by atoms with Crippen molar-refractivity contribution < 1.29 is 4.39 Å². The zero-order valence-electron chi connectivity index (χ0n) is 17.8. The lowest BCUT2D eigenvalue weighted by atomic mass is 10.1. The largest absolute Gasteiger partial charge is 0.206 e. The molecule has 30 heavy (non-hydrogen) atoms. The Bertz CT molecular complexity index is 1080. The van der Waals surface area contributed by atoms with E-state index in [0.717, 1.165) is 30.4 Å². The van der Waals surface area contributed by atoms with Gasteiger partial charge in [0.05, 0.1) is 5.56 Å². The zero-order chi connectivity index (χ0) is 21.2. The van der Waals surface area contributed by atoms with Crippen molar-refractivity contribution >= 4 is 0 Å². The van der Waals surface area contributed by atoms with Crippen LogP contribution >= 0.6 is 0 Å². The van der Waals surface area contributed by atoms with Crippen molar-refractivity contribution in [2.45, 2.75) is 46.0 Å². The summed E-state index contributed by atoms with van der Waals surface area (Å²) in [6.07, 6.45) is 5.67. The van der Waals surface area contributed by atoms with Crippen LogP contribution in [0.25, 0.3) is 0 Å². The van der Waals surface area contributed by atoms with Gasteiger partial charge in [0.25, 0.3) is 0 Å². The van der Waals surface area contributed by atoms with Crippen molar-refractivity contribution in [2.24, 2.45) is 0 Å².